The van der Waals surface area contributed by atoms with Gasteiger partial charge in [-0.2, -0.15) is 0 Å². The molecule has 6 heteroatoms. The topological polar surface area (TPSA) is 63.2 Å². The van der Waals surface area contributed by atoms with Crippen LogP contribution in [0, 0.1) is 0 Å². The van der Waals surface area contributed by atoms with Crippen LogP contribution in [-0.2, 0) is 4.84 Å². The van der Waals surface area contributed by atoms with E-state index in [1.165, 1.54) is 0 Å². The normalized spacial score (nSPS) is 16.3. The predicted octanol–water partition coefficient (Wildman–Crippen LogP) is 2.79. The zero-order valence-corrected chi connectivity index (χ0v) is 14.5. The number of carbonyl (C=O) groups is 1. The van der Waals surface area contributed by atoms with Crippen LogP contribution in [-0.4, -0.2) is 49.0 Å². The summed E-state index contributed by atoms with van der Waals surface area (Å²) in [5.74, 6) is 0.803. The maximum atomic E-state index is 12.2. The number of nitrogens with zero attached hydrogens (tertiary/aromatic N) is 2. The van der Waals surface area contributed by atoms with E-state index in [1.807, 2.05) is 38.1 Å². The molecule has 1 atom stereocenters. The lowest BCUT2D eigenvalue weighted by atomic mass is 10.0. The molecule has 1 aliphatic heterocycles. The highest BCUT2D eigenvalue weighted by atomic mass is 16.6. The van der Waals surface area contributed by atoms with Gasteiger partial charge in [0.1, 0.15) is 5.75 Å². The molecule has 0 saturated carbocycles. The van der Waals surface area contributed by atoms with Crippen molar-refractivity contribution in [1.82, 2.24) is 10.2 Å². The fourth-order valence-corrected chi connectivity index (χ4v) is 2.46. The molecule has 1 aromatic carbocycles. The fraction of sp³-hybridized carbons (Fsp3) is 0.444. The quantitative estimate of drug-likeness (QED) is 0.782. The molecule has 1 N–H and O–H groups in total. The van der Waals surface area contributed by atoms with Gasteiger partial charge in [0, 0.05) is 19.0 Å². The van der Waals surface area contributed by atoms with E-state index in [0.717, 1.165) is 17.0 Å². The Balaban J connectivity index is 1.94. The van der Waals surface area contributed by atoms with Crippen LogP contribution >= 0.6 is 0 Å². The van der Waals surface area contributed by atoms with Crippen molar-refractivity contribution >= 4 is 11.7 Å². The summed E-state index contributed by atoms with van der Waals surface area (Å²) in [6, 6.07) is 7.66. The number of urea groups is 1. The zero-order valence-electron chi connectivity index (χ0n) is 14.5. The molecule has 130 valence electrons. The fourth-order valence-electron chi connectivity index (χ4n) is 2.46. The first kappa shape index (κ1) is 17.8. The molecular weight excluding hydrogens is 306 g/mol. The first-order chi connectivity index (χ1) is 11.5. The molecule has 1 aliphatic rings. The average molecular weight is 331 g/mol. The molecule has 0 unspecified atom stereocenters. The summed E-state index contributed by atoms with van der Waals surface area (Å²) < 4.78 is 5.16. The maximum absolute atomic E-state index is 12.2. The number of oxime groups is 1. The van der Waals surface area contributed by atoms with Crippen LogP contribution in [0.5, 0.6) is 5.75 Å². The highest BCUT2D eigenvalue weighted by molar-refractivity contribution is 6.01. The van der Waals surface area contributed by atoms with Gasteiger partial charge in [-0.1, -0.05) is 11.2 Å². The summed E-state index contributed by atoms with van der Waals surface area (Å²) in [6.45, 7) is 8.51. The van der Waals surface area contributed by atoms with Gasteiger partial charge < -0.3 is 19.8 Å². The Labute approximate surface area is 143 Å². The van der Waals surface area contributed by atoms with Gasteiger partial charge in [0.2, 0.25) is 0 Å². The molecule has 0 fully saturated rings. The lowest BCUT2D eigenvalue weighted by molar-refractivity contribution is 0.0626. The van der Waals surface area contributed by atoms with Crippen molar-refractivity contribution in [3.63, 3.8) is 0 Å². The minimum atomic E-state index is -0.153. The smallest absolute Gasteiger partial charge is 0.318 e. The van der Waals surface area contributed by atoms with Gasteiger partial charge in [-0.25, -0.2) is 4.79 Å². The highest BCUT2D eigenvalue weighted by Gasteiger charge is 2.26. The van der Waals surface area contributed by atoms with Crippen LogP contribution in [0.1, 0.15) is 25.8 Å². The Bertz CT molecular complexity index is 596. The van der Waals surface area contributed by atoms with E-state index in [-0.39, 0.29) is 18.2 Å². The van der Waals surface area contributed by atoms with E-state index >= 15 is 0 Å². The van der Waals surface area contributed by atoms with Gasteiger partial charge in [-0.15, -0.1) is 6.58 Å². The zero-order chi connectivity index (χ0) is 17.5. The minimum Gasteiger partial charge on any atom is -0.497 e. The van der Waals surface area contributed by atoms with Crippen molar-refractivity contribution in [2.75, 3.05) is 20.2 Å². The average Bonchev–Trinajstić information content (AvgIpc) is 3.02. The number of hydrogen-bond donors (Lipinski definition) is 1. The van der Waals surface area contributed by atoms with Crippen LogP contribution in [0.3, 0.4) is 0 Å². The first-order valence-corrected chi connectivity index (χ1v) is 8.07. The Hall–Kier alpha value is -2.50. The largest absolute Gasteiger partial charge is 0.497 e. The van der Waals surface area contributed by atoms with E-state index in [0.29, 0.717) is 19.5 Å². The number of rotatable bonds is 7. The number of benzene rings is 1. The van der Waals surface area contributed by atoms with E-state index in [9.17, 15) is 4.79 Å². The number of amides is 2. The van der Waals surface area contributed by atoms with E-state index in [4.69, 9.17) is 9.57 Å². The van der Waals surface area contributed by atoms with Crippen molar-refractivity contribution in [3.05, 3.63) is 42.5 Å². The summed E-state index contributed by atoms with van der Waals surface area (Å²) in [5, 5.41) is 7.06. The summed E-state index contributed by atoms with van der Waals surface area (Å²) in [7, 11) is 1.64. The third kappa shape index (κ3) is 4.75. The molecule has 2 amide bonds. The van der Waals surface area contributed by atoms with Gasteiger partial charge in [-0.05, 0) is 43.7 Å². The van der Waals surface area contributed by atoms with Gasteiger partial charge in [0.15, 0.2) is 6.10 Å². The number of ether oxygens (including phenoxy) is 1. The molecule has 0 aliphatic carbocycles. The van der Waals surface area contributed by atoms with Crippen molar-refractivity contribution in [3.8, 4) is 5.75 Å². The highest BCUT2D eigenvalue weighted by Crippen LogP contribution is 2.20. The van der Waals surface area contributed by atoms with E-state index < -0.39 is 0 Å². The monoisotopic (exact) mass is 331 g/mol. The molecule has 2 rings (SSSR count). The molecular formula is C18H25N3O3. The van der Waals surface area contributed by atoms with Crippen molar-refractivity contribution < 1.29 is 14.4 Å². The van der Waals surface area contributed by atoms with E-state index in [1.54, 1.807) is 18.1 Å². The predicted molar refractivity (Wildman–Crippen MR) is 94.5 cm³/mol. The standard InChI is InChI=1S/C18H25N3O3/c1-5-10-21(18(22)19-13(2)3)12-16-11-17(20-24-16)14-6-8-15(23-4)9-7-14/h5-9,13,16H,1,10-12H2,2-4H3,(H,19,22)/t16-/m1/s1. The molecule has 0 bridgehead atoms. The molecule has 0 spiro atoms. The lowest BCUT2D eigenvalue weighted by Gasteiger charge is -2.24. The van der Waals surface area contributed by atoms with Gasteiger partial charge in [0.05, 0.1) is 19.4 Å². The Kier molecular flexibility index (Phi) is 6.23. The summed E-state index contributed by atoms with van der Waals surface area (Å²) in [4.78, 5) is 19.4. The number of nitrogens with one attached hydrogen (secondary N) is 1. The third-order valence-electron chi connectivity index (χ3n) is 3.63. The molecule has 6 nitrogen and oxygen atoms in total. The van der Waals surface area contributed by atoms with Gasteiger partial charge in [0.25, 0.3) is 0 Å². The van der Waals surface area contributed by atoms with Gasteiger partial charge in [-0.3, -0.25) is 0 Å². The molecule has 24 heavy (non-hydrogen) atoms. The summed E-state index contributed by atoms with van der Waals surface area (Å²) in [6.07, 6.45) is 2.22. The number of hydrogen-bond acceptors (Lipinski definition) is 4. The third-order valence-corrected chi connectivity index (χ3v) is 3.63. The molecule has 0 radical (unpaired) electrons. The number of carbonyl (C=O) groups excluding carboxylic acids is 1. The van der Waals surface area contributed by atoms with Crippen LogP contribution in [0.2, 0.25) is 0 Å². The lowest BCUT2D eigenvalue weighted by Crippen LogP contribution is -2.46. The number of methoxy groups -OCH3 is 1. The van der Waals surface area contributed by atoms with Crippen LogP contribution in [0.15, 0.2) is 42.1 Å². The summed E-state index contributed by atoms with van der Waals surface area (Å²) >= 11 is 0. The van der Waals surface area contributed by atoms with E-state index in [2.05, 4.69) is 17.1 Å². The summed E-state index contributed by atoms with van der Waals surface area (Å²) in [5.41, 5.74) is 1.88. The minimum absolute atomic E-state index is 0.0837. The van der Waals surface area contributed by atoms with Crippen LogP contribution < -0.4 is 10.1 Å². The Morgan fingerprint density at radius 3 is 2.79 bits per heavy atom. The SMILES string of the molecule is C=CCN(C[C@H]1CC(c2ccc(OC)cc2)=NO1)C(=O)NC(C)C. The second-order valence-electron chi connectivity index (χ2n) is 6.00. The second-order valence-corrected chi connectivity index (χ2v) is 6.00. The second kappa shape index (κ2) is 8.38. The van der Waals surface area contributed by atoms with Crippen LogP contribution in [0.25, 0.3) is 0 Å². The maximum Gasteiger partial charge on any atom is 0.318 e. The first-order valence-electron chi connectivity index (χ1n) is 8.07. The molecule has 0 aromatic heterocycles. The Morgan fingerprint density at radius 2 is 2.21 bits per heavy atom. The van der Waals surface area contributed by atoms with Crippen molar-refractivity contribution in [2.45, 2.75) is 32.4 Å². The molecule has 1 heterocycles. The van der Waals surface area contributed by atoms with Crippen molar-refractivity contribution in [1.29, 1.82) is 0 Å². The molecule has 1 aromatic rings. The molecule has 0 saturated heterocycles. The van der Waals surface area contributed by atoms with Gasteiger partial charge >= 0.3 is 6.03 Å². The van der Waals surface area contributed by atoms with Crippen LogP contribution in [0.4, 0.5) is 4.79 Å². The van der Waals surface area contributed by atoms with Crippen molar-refractivity contribution in [2.24, 2.45) is 5.16 Å². The Morgan fingerprint density at radius 1 is 1.50 bits per heavy atom.